The highest BCUT2D eigenvalue weighted by Gasteiger charge is 2.13. The largest absolute Gasteiger partial charge is 0.484 e. The van der Waals surface area contributed by atoms with Crippen LogP contribution in [0.5, 0.6) is 5.75 Å². The fraction of sp³-hybridized carbons (Fsp3) is 0.0667. The molecule has 0 aliphatic rings. The first-order chi connectivity index (χ1) is 10.5. The molecule has 22 heavy (non-hydrogen) atoms. The normalized spacial score (nSPS) is 10.1. The minimum Gasteiger partial charge on any atom is -0.484 e. The van der Waals surface area contributed by atoms with Crippen LogP contribution in [0, 0.1) is 0 Å². The number of carbonyl (C=O) groups is 2. The zero-order valence-electron chi connectivity index (χ0n) is 11.2. The lowest BCUT2D eigenvalue weighted by Crippen LogP contribution is -2.21. The fourth-order valence-corrected chi connectivity index (χ4v) is 2.11. The molecule has 2 aromatic rings. The van der Waals surface area contributed by atoms with E-state index in [1.807, 2.05) is 0 Å². The van der Waals surface area contributed by atoms with Gasteiger partial charge in [0.25, 0.3) is 5.91 Å². The van der Waals surface area contributed by atoms with E-state index >= 15 is 0 Å². The standard InChI is InChI=1S/C15H11BrClNO4/c16-9-1-4-11(5-2-9)22-8-14(19)18-13-7-10(17)3-6-12(13)15(20)21/h1-7H,8H2,(H,18,19)(H,20,21). The van der Waals surface area contributed by atoms with E-state index in [4.69, 9.17) is 21.4 Å². The van der Waals surface area contributed by atoms with Crippen LogP contribution in [0.1, 0.15) is 10.4 Å². The van der Waals surface area contributed by atoms with Crippen LogP contribution < -0.4 is 10.1 Å². The third-order valence-corrected chi connectivity index (χ3v) is 3.43. The first-order valence-electron chi connectivity index (χ1n) is 6.17. The van der Waals surface area contributed by atoms with Crippen molar-refractivity contribution in [1.82, 2.24) is 0 Å². The number of halogens is 2. The van der Waals surface area contributed by atoms with Crippen molar-refractivity contribution in [3.63, 3.8) is 0 Å². The summed E-state index contributed by atoms with van der Waals surface area (Å²) in [4.78, 5) is 23.0. The van der Waals surface area contributed by atoms with E-state index in [2.05, 4.69) is 21.2 Å². The molecule has 0 atom stereocenters. The monoisotopic (exact) mass is 383 g/mol. The molecule has 0 radical (unpaired) electrons. The van der Waals surface area contributed by atoms with Crippen LogP contribution in [0.25, 0.3) is 0 Å². The quantitative estimate of drug-likeness (QED) is 0.822. The van der Waals surface area contributed by atoms with Crippen LogP contribution in [0.3, 0.4) is 0 Å². The molecule has 0 unspecified atom stereocenters. The number of carboxylic acids is 1. The summed E-state index contributed by atoms with van der Waals surface area (Å²) in [6.07, 6.45) is 0. The molecule has 0 aliphatic carbocycles. The Morgan fingerprint density at radius 2 is 1.86 bits per heavy atom. The number of rotatable bonds is 5. The maximum absolute atomic E-state index is 11.9. The number of carbonyl (C=O) groups excluding carboxylic acids is 1. The lowest BCUT2D eigenvalue weighted by atomic mass is 10.2. The third-order valence-electron chi connectivity index (χ3n) is 2.67. The molecule has 0 fully saturated rings. The van der Waals surface area contributed by atoms with Crippen LogP contribution in [0.2, 0.25) is 5.02 Å². The van der Waals surface area contributed by atoms with Gasteiger partial charge in [-0.25, -0.2) is 4.79 Å². The zero-order valence-corrected chi connectivity index (χ0v) is 13.5. The zero-order chi connectivity index (χ0) is 16.1. The van der Waals surface area contributed by atoms with Gasteiger partial charge in [-0.05, 0) is 42.5 Å². The highest BCUT2D eigenvalue weighted by molar-refractivity contribution is 9.10. The first-order valence-corrected chi connectivity index (χ1v) is 7.34. The minimum atomic E-state index is -1.15. The molecule has 114 valence electrons. The van der Waals surface area contributed by atoms with E-state index in [9.17, 15) is 9.59 Å². The number of hydrogen-bond acceptors (Lipinski definition) is 3. The van der Waals surface area contributed by atoms with E-state index in [0.717, 1.165) is 4.47 Å². The van der Waals surface area contributed by atoms with Crippen molar-refractivity contribution in [1.29, 1.82) is 0 Å². The minimum absolute atomic E-state index is 0.0404. The Bertz CT molecular complexity index is 703. The topological polar surface area (TPSA) is 75.6 Å². The average Bonchev–Trinajstić information content (AvgIpc) is 2.46. The Kier molecular flexibility index (Phi) is 5.41. The van der Waals surface area contributed by atoms with Gasteiger partial charge in [0.2, 0.25) is 0 Å². The second kappa shape index (κ2) is 7.29. The van der Waals surface area contributed by atoms with Gasteiger partial charge in [-0.3, -0.25) is 4.79 Å². The maximum atomic E-state index is 11.9. The summed E-state index contributed by atoms with van der Waals surface area (Å²) in [6.45, 7) is -0.243. The summed E-state index contributed by atoms with van der Waals surface area (Å²) in [7, 11) is 0. The smallest absolute Gasteiger partial charge is 0.337 e. The Balaban J connectivity index is 2.01. The highest BCUT2D eigenvalue weighted by atomic mass is 79.9. The molecule has 1 amide bonds. The van der Waals surface area contributed by atoms with E-state index in [1.165, 1.54) is 18.2 Å². The average molecular weight is 385 g/mol. The van der Waals surface area contributed by atoms with Gasteiger partial charge in [0.05, 0.1) is 11.3 Å². The van der Waals surface area contributed by atoms with Gasteiger partial charge in [0.15, 0.2) is 6.61 Å². The summed E-state index contributed by atoms with van der Waals surface area (Å²) in [5.41, 5.74) is 0.0887. The van der Waals surface area contributed by atoms with Crippen LogP contribution in [-0.4, -0.2) is 23.6 Å². The van der Waals surface area contributed by atoms with Crippen LogP contribution in [0.4, 0.5) is 5.69 Å². The predicted octanol–water partition coefficient (Wildman–Crippen LogP) is 3.82. The van der Waals surface area contributed by atoms with Gasteiger partial charge in [-0.2, -0.15) is 0 Å². The molecule has 0 saturated carbocycles. The molecule has 0 spiro atoms. The number of hydrogen-bond donors (Lipinski definition) is 2. The maximum Gasteiger partial charge on any atom is 0.337 e. The molecular weight excluding hydrogens is 374 g/mol. The second-order valence-corrected chi connectivity index (χ2v) is 5.64. The molecule has 0 saturated heterocycles. The SMILES string of the molecule is O=C(COc1ccc(Br)cc1)Nc1cc(Cl)ccc1C(=O)O. The third kappa shape index (κ3) is 4.47. The van der Waals surface area contributed by atoms with Crippen molar-refractivity contribution in [3.8, 4) is 5.75 Å². The van der Waals surface area contributed by atoms with Gasteiger partial charge in [-0.1, -0.05) is 27.5 Å². The van der Waals surface area contributed by atoms with E-state index in [-0.39, 0.29) is 17.9 Å². The molecule has 0 aliphatic heterocycles. The Labute approximate surface area is 140 Å². The number of anilines is 1. The van der Waals surface area contributed by atoms with Crippen molar-refractivity contribution in [3.05, 3.63) is 57.5 Å². The van der Waals surface area contributed by atoms with Crippen LogP contribution in [0.15, 0.2) is 46.9 Å². The number of ether oxygens (including phenoxy) is 1. The summed E-state index contributed by atoms with van der Waals surface area (Å²) in [5, 5.41) is 11.9. The van der Waals surface area contributed by atoms with Gasteiger partial charge in [0, 0.05) is 9.50 Å². The van der Waals surface area contributed by atoms with Crippen molar-refractivity contribution < 1.29 is 19.4 Å². The molecule has 0 aromatic heterocycles. The first kappa shape index (κ1) is 16.3. The Morgan fingerprint density at radius 1 is 1.18 bits per heavy atom. The van der Waals surface area contributed by atoms with Crippen LogP contribution in [-0.2, 0) is 4.79 Å². The summed E-state index contributed by atoms with van der Waals surface area (Å²) < 4.78 is 6.21. The number of benzene rings is 2. The number of carboxylic acid groups (broad SMARTS) is 1. The molecule has 0 heterocycles. The lowest BCUT2D eigenvalue weighted by molar-refractivity contribution is -0.118. The fourth-order valence-electron chi connectivity index (χ4n) is 1.67. The summed E-state index contributed by atoms with van der Waals surface area (Å²) >= 11 is 9.11. The van der Waals surface area contributed by atoms with Crippen molar-refractivity contribution >= 4 is 45.1 Å². The Morgan fingerprint density at radius 3 is 2.50 bits per heavy atom. The van der Waals surface area contributed by atoms with Gasteiger partial charge in [0.1, 0.15) is 5.75 Å². The molecule has 5 nitrogen and oxygen atoms in total. The van der Waals surface area contributed by atoms with Gasteiger partial charge in [-0.15, -0.1) is 0 Å². The number of amides is 1. The molecule has 2 rings (SSSR count). The van der Waals surface area contributed by atoms with Crippen molar-refractivity contribution in [2.24, 2.45) is 0 Å². The molecular formula is C15H11BrClNO4. The molecule has 2 aromatic carbocycles. The lowest BCUT2D eigenvalue weighted by Gasteiger charge is -2.10. The van der Waals surface area contributed by atoms with Gasteiger partial charge < -0.3 is 15.2 Å². The van der Waals surface area contributed by atoms with Gasteiger partial charge >= 0.3 is 5.97 Å². The number of nitrogens with one attached hydrogen (secondary N) is 1. The Hall–Kier alpha value is -2.05. The predicted molar refractivity (Wildman–Crippen MR) is 86.7 cm³/mol. The number of aromatic carboxylic acids is 1. The second-order valence-electron chi connectivity index (χ2n) is 4.29. The molecule has 7 heteroatoms. The van der Waals surface area contributed by atoms with E-state index in [1.54, 1.807) is 24.3 Å². The van der Waals surface area contributed by atoms with Crippen molar-refractivity contribution in [2.45, 2.75) is 0 Å². The summed E-state index contributed by atoms with van der Waals surface area (Å²) in [6, 6.07) is 11.1. The van der Waals surface area contributed by atoms with Crippen LogP contribution >= 0.6 is 27.5 Å². The van der Waals surface area contributed by atoms with E-state index in [0.29, 0.717) is 10.8 Å². The molecule has 0 bridgehead atoms. The highest BCUT2D eigenvalue weighted by Crippen LogP contribution is 2.21. The van der Waals surface area contributed by atoms with Crippen molar-refractivity contribution in [2.75, 3.05) is 11.9 Å². The molecule has 2 N–H and O–H groups in total. The van der Waals surface area contributed by atoms with E-state index < -0.39 is 11.9 Å². The summed E-state index contributed by atoms with van der Waals surface area (Å²) in [5.74, 6) is -1.10.